The van der Waals surface area contributed by atoms with Gasteiger partial charge >= 0.3 is 6.18 Å². The van der Waals surface area contributed by atoms with E-state index in [0.29, 0.717) is 57.2 Å². The zero-order chi connectivity index (χ0) is 22.1. The third-order valence-corrected chi connectivity index (χ3v) is 7.18. The molecule has 168 valence electrons. The number of sulfonamides is 1. The van der Waals surface area contributed by atoms with Crippen molar-refractivity contribution in [1.82, 2.24) is 14.3 Å². The summed E-state index contributed by atoms with van der Waals surface area (Å²) < 4.78 is 71.2. The third-order valence-electron chi connectivity index (χ3n) is 5.28. The molecule has 0 saturated carbocycles. The molecule has 8 nitrogen and oxygen atoms in total. The van der Waals surface area contributed by atoms with Crippen molar-refractivity contribution in [3.05, 3.63) is 42.1 Å². The van der Waals surface area contributed by atoms with Gasteiger partial charge in [-0.05, 0) is 24.3 Å². The molecule has 2 aromatic rings. The Kier molecular flexibility index (Phi) is 6.04. The Labute approximate surface area is 178 Å². The Hall–Kier alpha value is -2.44. The van der Waals surface area contributed by atoms with Crippen LogP contribution in [0.1, 0.15) is 5.56 Å². The smallest absolute Gasteiger partial charge is 0.378 e. The summed E-state index contributed by atoms with van der Waals surface area (Å²) in [5, 5.41) is 0. The first kappa shape index (κ1) is 21.8. The van der Waals surface area contributed by atoms with Crippen LogP contribution in [0.5, 0.6) is 0 Å². The van der Waals surface area contributed by atoms with E-state index in [1.165, 1.54) is 10.4 Å². The highest BCUT2D eigenvalue weighted by Crippen LogP contribution is 2.31. The van der Waals surface area contributed by atoms with Gasteiger partial charge in [0.25, 0.3) is 0 Å². The monoisotopic (exact) mass is 457 g/mol. The fraction of sp³-hybridized carbons (Fsp3) is 0.474. The normalized spacial score (nSPS) is 18.9. The summed E-state index contributed by atoms with van der Waals surface area (Å²) >= 11 is 0. The number of benzene rings is 1. The molecule has 0 unspecified atom stereocenters. The van der Waals surface area contributed by atoms with E-state index in [2.05, 4.69) is 9.97 Å². The molecule has 0 bridgehead atoms. The van der Waals surface area contributed by atoms with E-state index >= 15 is 0 Å². The summed E-state index contributed by atoms with van der Waals surface area (Å²) in [6, 6.07) is 5.61. The molecule has 0 atom stereocenters. The van der Waals surface area contributed by atoms with Crippen LogP contribution in [-0.4, -0.2) is 75.2 Å². The van der Waals surface area contributed by atoms with E-state index in [1.807, 2.05) is 9.80 Å². The van der Waals surface area contributed by atoms with Gasteiger partial charge < -0.3 is 14.5 Å². The van der Waals surface area contributed by atoms with Crippen LogP contribution in [-0.2, 0) is 20.9 Å². The van der Waals surface area contributed by atoms with Crippen LogP contribution >= 0.6 is 0 Å². The van der Waals surface area contributed by atoms with Gasteiger partial charge in [-0.25, -0.2) is 13.4 Å². The molecule has 2 saturated heterocycles. The summed E-state index contributed by atoms with van der Waals surface area (Å²) in [4.78, 5) is 12.5. The van der Waals surface area contributed by atoms with Gasteiger partial charge in [0.1, 0.15) is 5.82 Å². The fourth-order valence-corrected chi connectivity index (χ4v) is 5.04. The maximum Gasteiger partial charge on any atom is 0.416 e. The van der Waals surface area contributed by atoms with Crippen LogP contribution in [0.15, 0.2) is 41.4 Å². The van der Waals surface area contributed by atoms with Crippen molar-refractivity contribution in [2.75, 3.05) is 62.3 Å². The van der Waals surface area contributed by atoms with Gasteiger partial charge in [-0.15, -0.1) is 0 Å². The molecular weight excluding hydrogens is 435 g/mol. The van der Waals surface area contributed by atoms with Crippen LogP contribution in [0.25, 0.3) is 0 Å². The topological polar surface area (TPSA) is 78.9 Å². The maximum atomic E-state index is 13.0. The largest absolute Gasteiger partial charge is 0.416 e. The number of morpholine rings is 1. The summed E-state index contributed by atoms with van der Waals surface area (Å²) in [7, 11) is -4.02. The average Bonchev–Trinajstić information content (AvgIpc) is 2.79. The lowest BCUT2D eigenvalue weighted by Crippen LogP contribution is -2.49. The van der Waals surface area contributed by atoms with Crippen LogP contribution in [0.3, 0.4) is 0 Å². The minimum Gasteiger partial charge on any atom is -0.378 e. The SMILES string of the molecule is O=S(=O)(c1cccc(C(F)(F)F)c1)N1CCN(c2ccnc(N3CCOCC3)n2)CC1. The lowest BCUT2D eigenvalue weighted by Gasteiger charge is -2.35. The third kappa shape index (κ3) is 4.75. The highest BCUT2D eigenvalue weighted by atomic mass is 32.2. The molecule has 4 rings (SSSR count). The first-order valence-electron chi connectivity index (χ1n) is 9.83. The predicted octanol–water partition coefficient (Wildman–Crippen LogP) is 1.84. The van der Waals surface area contributed by atoms with Gasteiger partial charge in [0.2, 0.25) is 16.0 Å². The van der Waals surface area contributed by atoms with Gasteiger partial charge in [-0.2, -0.15) is 22.5 Å². The van der Waals surface area contributed by atoms with Crippen LogP contribution in [0, 0.1) is 0 Å². The lowest BCUT2D eigenvalue weighted by molar-refractivity contribution is -0.137. The van der Waals surface area contributed by atoms with Crippen molar-refractivity contribution in [3.8, 4) is 0 Å². The summed E-state index contributed by atoms with van der Waals surface area (Å²) in [5.41, 5.74) is -0.983. The number of ether oxygens (including phenoxy) is 1. The Balaban J connectivity index is 1.45. The van der Waals surface area contributed by atoms with Crippen molar-refractivity contribution in [2.24, 2.45) is 0 Å². The fourth-order valence-electron chi connectivity index (χ4n) is 3.57. The second-order valence-electron chi connectivity index (χ2n) is 7.23. The zero-order valence-corrected chi connectivity index (χ0v) is 17.4. The number of halogens is 3. The van der Waals surface area contributed by atoms with Gasteiger partial charge in [0.15, 0.2) is 0 Å². The second kappa shape index (κ2) is 8.60. The van der Waals surface area contributed by atoms with Crippen LogP contribution < -0.4 is 9.80 Å². The molecule has 0 amide bonds. The predicted molar refractivity (Wildman–Crippen MR) is 107 cm³/mol. The summed E-state index contributed by atoms with van der Waals surface area (Å²) in [6.45, 7) is 3.67. The van der Waals surface area contributed by atoms with Gasteiger partial charge in [0.05, 0.1) is 23.7 Å². The minimum atomic E-state index is -4.60. The van der Waals surface area contributed by atoms with Gasteiger partial charge in [-0.3, -0.25) is 0 Å². The molecule has 1 aromatic heterocycles. The van der Waals surface area contributed by atoms with Crippen LogP contribution in [0.4, 0.5) is 24.9 Å². The first-order valence-corrected chi connectivity index (χ1v) is 11.3. The molecule has 0 spiro atoms. The summed E-state index contributed by atoms with van der Waals surface area (Å²) in [5.74, 6) is 1.28. The van der Waals surface area contributed by atoms with Gasteiger partial charge in [0, 0.05) is 45.5 Å². The van der Waals surface area contributed by atoms with Crippen LogP contribution in [0.2, 0.25) is 0 Å². The molecule has 3 heterocycles. The number of nitrogens with zero attached hydrogens (tertiary/aromatic N) is 5. The number of anilines is 2. The van der Waals surface area contributed by atoms with E-state index in [4.69, 9.17) is 4.74 Å². The standard InChI is InChI=1S/C19H22F3N5O3S/c20-19(21,22)15-2-1-3-16(14-15)31(28,29)27-8-6-25(7-9-27)17-4-5-23-18(24-17)26-10-12-30-13-11-26/h1-5,14H,6-13H2. The Morgan fingerprint density at radius 3 is 2.32 bits per heavy atom. The molecule has 1 aromatic carbocycles. The zero-order valence-electron chi connectivity index (χ0n) is 16.6. The maximum absolute atomic E-state index is 13.0. The molecule has 31 heavy (non-hydrogen) atoms. The number of aromatic nitrogens is 2. The highest BCUT2D eigenvalue weighted by Gasteiger charge is 2.34. The quantitative estimate of drug-likeness (QED) is 0.693. The number of rotatable bonds is 4. The minimum absolute atomic E-state index is 0.148. The Bertz CT molecular complexity index is 1020. The van der Waals surface area contributed by atoms with E-state index in [1.54, 1.807) is 12.3 Å². The average molecular weight is 457 g/mol. The molecule has 2 aliphatic rings. The number of piperazine rings is 1. The lowest BCUT2D eigenvalue weighted by atomic mass is 10.2. The van der Waals surface area contributed by atoms with Crippen molar-refractivity contribution >= 4 is 21.8 Å². The molecule has 2 aliphatic heterocycles. The highest BCUT2D eigenvalue weighted by molar-refractivity contribution is 7.89. The number of hydrogen-bond acceptors (Lipinski definition) is 7. The Morgan fingerprint density at radius 2 is 1.65 bits per heavy atom. The van der Waals surface area contributed by atoms with Crippen molar-refractivity contribution < 1.29 is 26.3 Å². The molecular formula is C19H22F3N5O3S. The molecule has 2 fully saturated rings. The van der Waals surface area contributed by atoms with Gasteiger partial charge in [-0.1, -0.05) is 6.07 Å². The summed E-state index contributed by atoms with van der Waals surface area (Å²) in [6.07, 6.45) is -2.94. The molecule has 12 heteroatoms. The first-order chi connectivity index (χ1) is 14.7. The van der Waals surface area contributed by atoms with E-state index in [9.17, 15) is 21.6 Å². The van der Waals surface area contributed by atoms with E-state index in [0.717, 1.165) is 12.1 Å². The molecule has 0 radical (unpaired) electrons. The Morgan fingerprint density at radius 1 is 0.935 bits per heavy atom. The van der Waals surface area contributed by atoms with Crippen molar-refractivity contribution in [3.63, 3.8) is 0 Å². The van der Waals surface area contributed by atoms with E-state index < -0.39 is 21.8 Å². The molecule has 0 N–H and O–H groups in total. The number of alkyl halides is 3. The van der Waals surface area contributed by atoms with E-state index in [-0.39, 0.29) is 18.0 Å². The van der Waals surface area contributed by atoms with Crippen molar-refractivity contribution in [1.29, 1.82) is 0 Å². The number of hydrogen-bond donors (Lipinski definition) is 0. The molecule has 0 aliphatic carbocycles. The second-order valence-corrected chi connectivity index (χ2v) is 9.17. The van der Waals surface area contributed by atoms with Crippen molar-refractivity contribution in [2.45, 2.75) is 11.1 Å².